The van der Waals surface area contributed by atoms with E-state index < -0.39 is 6.10 Å². The Kier molecular flexibility index (Phi) is 8.47. The molecule has 2 rings (SSSR count). The number of aryl methyl sites for hydroxylation is 3. The van der Waals surface area contributed by atoms with Crippen molar-refractivity contribution in [1.29, 1.82) is 0 Å². The molecule has 0 saturated carbocycles. The molecule has 1 aromatic heterocycles. The number of thiophene rings is 1. The van der Waals surface area contributed by atoms with Gasteiger partial charge in [0.1, 0.15) is 12.4 Å². The van der Waals surface area contributed by atoms with Gasteiger partial charge in [0.05, 0.1) is 11.0 Å². The summed E-state index contributed by atoms with van der Waals surface area (Å²) in [6.45, 7) is 12.5. The first-order valence-electron chi connectivity index (χ1n) is 10.6. The maximum atomic E-state index is 11.9. The molecular weight excluding hydrogens is 396 g/mol. The van der Waals surface area contributed by atoms with E-state index in [1.807, 2.05) is 40.7 Å². The Morgan fingerprint density at radius 3 is 2.50 bits per heavy atom. The molecule has 0 fully saturated rings. The van der Waals surface area contributed by atoms with Gasteiger partial charge in [-0.15, -0.1) is 11.3 Å². The summed E-state index contributed by atoms with van der Waals surface area (Å²) >= 11 is 1.54. The van der Waals surface area contributed by atoms with Crippen molar-refractivity contribution < 1.29 is 14.6 Å². The van der Waals surface area contributed by atoms with E-state index in [9.17, 15) is 9.90 Å². The Hall–Kier alpha value is -1.89. The second-order valence-electron chi connectivity index (χ2n) is 9.07. The fraction of sp³-hybridized carbons (Fsp3) is 0.542. The third-order valence-electron chi connectivity index (χ3n) is 5.59. The van der Waals surface area contributed by atoms with E-state index in [-0.39, 0.29) is 17.9 Å². The molecule has 5 nitrogen and oxygen atoms in total. The predicted molar refractivity (Wildman–Crippen MR) is 124 cm³/mol. The number of aliphatic hydroxyl groups is 1. The lowest BCUT2D eigenvalue weighted by Crippen LogP contribution is -2.32. The van der Waals surface area contributed by atoms with Crippen LogP contribution in [0, 0.1) is 19.3 Å². The van der Waals surface area contributed by atoms with Gasteiger partial charge in [-0.25, -0.2) is 5.84 Å². The molecule has 6 heteroatoms. The van der Waals surface area contributed by atoms with Crippen molar-refractivity contribution in [2.75, 3.05) is 6.61 Å². The monoisotopic (exact) mass is 432 g/mol. The molecule has 1 heterocycles. The Balaban J connectivity index is 2.01. The molecule has 0 bridgehead atoms. The lowest BCUT2D eigenvalue weighted by Gasteiger charge is -2.26. The molecule has 0 aliphatic carbocycles. The van der Waals surface area contributed by atoms with Crippen LogP contribution in [-0.4, -0.2) is 23.7 Å². The SMILES string of the molecule is CCC(CCc1ccc(OCC(O)C(C)(C)C)c(C)c1)c1cc(C)c(C(=O)NN)s1. The summed E-state index contributed by atoms with van der Waals surface area (Å²) < 4.78 is 5.85. The van der Waals surface area contributed by atoms with Crippen LogP contribution in [0.3, 0.4) is 0 Å². The van der Waals surface area contributed by atoms with Gasteiger partial charge in [0.15, 0.2) is 0 Å². The summed E-state index contributed by atoms with van der Waals surface area (Å²) in [6.07, 6.45) is 2.48. The largest absolute Gasteiger partial charge is 0.491 e. The molecular formula is C24H36N2O3S. The minimum absolute atomic E-state index is 0.201. The number of hydrogen-bond acceptors (Lipinski definition) is 5. The predicted octanol–water partition coefficient (Wildman–Crippen LogP) is 4.88. The number of aliphatic hydroxyl groups excluding tert-OH is 1. The molecule has 0 radical (unpaired) electrons. The van der Waals surface area contributed by atoms with Gasteiger partial charge in [-0.05, 0) is 73.3 Å². The van der Waals surface area contributed by atoms with Crippen LogP contribution in [0.15, 0.2) is 24.3 Å². The molecule has 2 unspecified atom stereocenters. The topological polar surface area (TPSA) is 84.6 Å². The van der Waals surface area contributed by atoms with Gasteiger partial charge in [-0.2, -0.15) is 0 Å². The molecule has 1 amide bonds. The molecule has 4 N–H and O–H groups in total. The number of benzene rings is 1. The lowest BCUT2D eigenvalue weighted by molar-refractivity contribution is 0.0216. The second-order valence-corrected chi connectivity index (χ2v) is 10.2. The minimum Gasteiger partial charge on any atom is -0.491 e. The summed E-state index contributed by atoms with van der Waals surface area (Å²) in [4.78, 5) is 13.8. The van der Waals surface area contributed by atoms with Crippen LogP contribution in [0.2, 0.25) is 0 Å². The highest BCUT2D eigenvalue weighted by Crippen LogP contribution is 2.34. The molecule has 2 aromatic rings. The van der Waals surface area contributed by atoms with Gasteiger partial charge in [-0.3, -0.25) is 10.2 Å². The number of nitrogens with one attached hydrogen (secondary N) is 1. The minimum atomic E-state index is -0.512. The fourth-order valence-electron chi connectivity index (χ4n) is 3.34. The molecule has 0 saturated heterocycles. The first-order chi connectivity index (χ1) is 14.1. The summed E-state index contributed by atoms with van der Waals surface area (Å²) in [7, 11) is 0. The van der Waals surface area contributed by atoms with E-state index in [2.05, 4.69) is 30.5 Å². The van der Waals surface area contributed by atoms with Crippen LogP contribution in [0.1, 0.15) is 77.7 Å². The van der Waals surface area contributed by atoms with Gasteiger partial charge in [0.2, 0.25) is 0 Å². The zero-order valence-corrected chi connectivity index (χ0v) is 19.9. The number of carbonyl (C=O) groups excluding carboxylic acids is 1. The lowest BCUT2D eigenvalue weighted by atomic mass is 9.90. The highest BCUT2D eigenvalue weighted by molar-refractivity contribution is 7.14. The number of rotatable bonds is 9. The third kappa shape index (κ3) is 6.30. The summed E-state index contributed by atoms with van der Waals surface area (Å²) in [5, 5.41) is 10.2. The average molecular weight is 433 g/mol. The van der Waals surface area contributed by atoms with E-state index in [1.54, 1.807) is 11.3 Å². The van der Waals surface area contributed by atoms with E-state index >= 15 is 0 Å². The molecule has 0 aliphatic rings. The van der Waals surface area contributed by atoms with Gasteiger partial charge in [0, 0.05) is 4.88 Å². The Morgan fingerprint density at radius 2 is 1.93 bits per heavy atom. The van der Waals surface area contributed by atoms with E-state index in [4.69, 9.17) is 10.6 Å². The van der Waals surface area contributed by atoms with Crippen molar-refractivity contribution >= 4 is 17.2 Å². The maximum absolute atomic E-state index is 11.9. The van der Waals surface area contributed by atoms with E-state index in [0.717, 1.165) is 36.1 Å². The quantitative estimate of drug-likeness (QED) is 0.299. The van der Waals surface area contributed by atoms with E-state index in [0.29, 0.717) is 10.8 Å². The smallest absolute Gasteiger partial charge is 0.275 e. The Labute approximate surface area is 184 Å². The summed E-state index contributed by atoms with van der Waals surface area (Å²) in [5.41, 5.74) is 5.35. The van der Waals surface area contributed by atoms with Crippen LogP contribution in [0.25, 0.3) is 0 Å². The molecule has 166 valence electrons. The molecule has 2 atom stereocenters. The number of nitrogens with two attached hydrogens (primary N) is 1. The van der Waals surface area contributed by atoms with Crippen molar-refractivity contribution in [3.63, 3.8) is 0 Å². The summed E-state index contributed by atoms with van der Waals surface area (Å²) in [5.74, 6) is 6.30. The van der Waals surface area contributed by atoms with Gasteiger partial charge >= 0.3 is 0 Å². The highest BCUT2D eigenvalue weighted by Gasteiger charge is 2.23. The molecule has 0 spiro atoms. The van der Waals surface area contributed by atoms with Crippen molar-refractivity contribution in [2.24, 2.45) is 11.3 Å². The average Bonchev–Trinajstić information content (AvgIpc) is 3.07. The van der Waals surface area contributed by atoms with Crippen LogP contribution in [-0.2, 0) is 6.42 Å². The van der Waals surface area contributed by atoms with Crippen LogP contribution >= 0.6 is 11.3 Å². The van der Waals surface area contributed by atoms with Gasteiger partial charge in [0.25, 0.3) is 5.91 Å². The van der Waals surface area contributed by atoms with Crippen LogP contribution < -0.4 is 16.0 Å². The van der Waals surface area contributed by atoms with Crippen LogP contribution in [0.4, 0.5) is 0 Å². The first kappa shape index (κ1) is 24.4. The molecule has 0 aliphatic heterocycles. The number of carbonyl (C=O) groups is 1. The number of ether oxygens (including phenoxy) is 1. The normalized spacial score (nSPS) is 13.7. The Bertz CT molecular complexity index is 855. The van der Waals surface area contributed by atoms with Crippen molar-refractivity contribution in [1.82, 2.24) is 5.43 Å². The molecule has 1 aromatic carbocycles. The zero-order chi connectivity index (χ0) is 22.5. The van der Waals surface area contributed by atoms with Crippen LogP contribution in [0.5, 0.6) is 5.75 Å². The van der Waals surface area contributed by atoms with Crippen molar-refractivity contribution in [3.05, 3.63) is 50.7 Å². The second kappa shape index (κ2) is 10.4. The number of amides is 1. The Morgan fingerprint density at radius 1 is 1.23 bits per heavy atom. The number of hydrazine groups is 1. The molecule has 30 heavy (non-hydrogen) atoms. The fourth-order valence-corrected chi connectivity index (χ4v) is 4.63. The zero-order valence-electron chi connectivity index (χ0n) is 19.0. The number of hydrogen-bond donors (Lipinski definition) is 3. The standard InChI is InChI=1S/C24H36N2O3S/c1-7-18(20-13-16(3)22(30-20)23(28)26-25)10-8-17-9-11-19(15(2)12-17)29-14-21(27)24(4,5)6/h9,11-13,18,21,27H,7-8,10,14,25H2,1-6H3,(H,26,28). The third-order valence-corrected chi connectivity index (χ3v) is 6.98. The van der Waals surface area contributed by atoms with Crippen molar-refractivity contribution in [3.8, 4) is 5.75 Å². The summed E-state index contributed by atoms with van der Waals surface area (Å²) in [6, 6.07) is 8.39. The van der Waals surface area contributed by atoms with E-state index in [1.165, 1.54) is 10.4 Å². The number of nitrogen functional groups attached to an aromatic ring is 1. The van der Waals surface area contributed by atoms with Gasteiger partial charge in [-0.1, -0.05) is 39.8 Å². The van der Waals surface area contributed by atoms with Crippen molar-refractivity contribution in [2.45, 2.75) is 72.8 Å². The first-order valence-corrected chi connectivity index (χ1v) is 11.4. The maximum Gasteiger partial charge on any atom is 0.275 e. The van der Waals surface area contributed by atoms with Gasteiger partial charge < -0.3 is 9.84 Å². The highest BCUT2D eigenvalue weighted by atomic mass is 32.1.